The summed E-state index contributed by atoms with van der Waals surface area (Å²) in [6, 6.07) is 5.34. The van der Waals surface area contributed by atoms with Gasteiger partial charge >= 0.3 is 0 Å². The lowest BCUT2D eigenvalue weighted by atomic mass is 9.88. The number of nitrogens with one attached hydrogen (secondary N) is 1. The summed E-state index contributed by atoms with van der Waals surface area (Å²) in [6.07, 6.45) is 8.37. The van der Waals surface area contributed by atoms with Gasteiger partial charge in [-0.1, -0.05) is 19.3 Å². The van der Waals surface area contributed by atoms with E-state index in [1.807, 2.05) is 23.9 Å². The molecular weight excluding hydrogens is 387 g/mol. The van der Waals surface area contributed by atoms with Crippen LogP contribution in [0.15, 0.2) is 18.2 Å². The van der Waals surface area contributed by atoms with Gasteiger partial charge in [-0.2, -0.15) is 11.8 Å². The molecule has 4 nitrogen and oxygen atoms in total. The molecule has 1 saturated carbocycles. The Hall–Kier alpha value is -0.500. The molecule has 0 aromatic heterocycles. The summed E-state index contributed by atoms with van der Waals surface area (Å²) in [7, 11) is 0. The van der Waals surface area contributed by atoms with Gasteiger partial charge in [-0.15, -0.1) is 0 Å². The van der Waals surface area contributed by atoms with Crippen molar-refractivity contribution in [3.63, 3.8) is 0 Å². The van der Waals surface area contributed by atoms with Crippen molar-refractivity contribution in [1.29, 1.82) is 0 Å². The minimum absolute atomic E-state index is 0.170. The van der Waals surface area contributed by atoms with Crippen LogP contribution in [0.2, 0.25) is 0 Å². The third kappa shape index (κ3) is 3.78. The topological polar surface area (TPSA) is 55.2 Å². The van der Waals surface area contributed by atoms with Crippen LogP contribution in [-0.2, 0) is 0 Å². The van der Waals surface area contributed by atoms with Crippen LogP contribution in [0.25, 0.3) is 0 Å². The molecule has 0 aliphatic heterocycles. The first-order valence-corrected chi connectivity index (χ1v) is 9.10. The third-order valence-electron chi connectivity index (χ3n) is 3.96. The monoisotopic (exact) mass is 406 g/mol. The summed E-state index contributed by atoms with van der Waals surface area (Å²) in [6.45, 7) is 0.801. The Labute approximate surface area is 137 Å². The highest BCUT2D eigenvalue weighted by atomic mass is 127. The van der Waals surface area contributed by atoms with Crippen LogP contribution in [0.5, 0.6) is 0 Å². The number of nitrogens with zero attached hydrogens (tertiary/aromatic N) is 1. The second-order valence-electron chi connectivity index (χ2n) is 5.22. The van der Waals surface area contributed by atoms with Gasteiger partial charge in [0.15, 0.2) is 0 Å². The van der Waals surface area contributed by atoms with Gasteiger partial charge in [0.25, 0.3) is 5.69 Å². The normalized spacial score (nSPS) is 17.7. The Kier molecular flexibility index (Phi) is 5.54. The first-order valence-electron chi connectivity index (χ1n) is 6.79. The fraction of sp³-hybridized carbons (Fsp3) is 0.571. The van der Waals surface area contributed by atoms with Crippen LogP contribution in [0, 0.1) is 13.7 Å². The molecule has 110 valence electrons. The lowest BCUT2D eigenvalue weighted by Gasteiger charge is -2.36. The van der Waals surface area contributed by atoms with E-state index in [1.165, 1.54) is 32.1 Å². The summed E-state index contributed by atoms with van der Waals surface area (Å²) < 4.78 is 1.12. The zero-order chi connectivity index (χ0) is 14.6. The Morgan fingerprint density at radius 1 is 1.40 bits per heavy atom. The molecule has 20 heavy (non-hydrogen) atoms. The molecule has 1 aliphatic carbocycles. The average molecular weight is 406 g/mol. The van der Waals surface area contributed by atoms with Crippen molar-refractivity contribution >= 4 is 45.7 Å². The number of hydrogen-bond donors (Lipinski definition) is 1. The Balaban J connectivity index is 2.11. The molecule has 0 heterocycles. The van der Waals surface area contributed by atoms with Crippen LogP contribution < -0.4 is 5.32 Å². The van der Waals surface area contributed by atoms with E-state index in [0.29, 0.717) is 5.69 Å². The summed E-state index contributed by atoms with van der Waals surface area (Å²) in [4.78, 5) is 10.8. The second kappa shape index (κ2) is 6.98. The number of halogens is 1. The maximum atomic E-state index is 11.1. The van der Waals surface area contributed by atoms with Gasteiger partial charge in [-0.25, -0.2) is 0 Å². The molecule has 1 aromatic carbocycles. The van der Waals surface area contributed by atoms with Crippen LogP contribution in [0.4, 0.5) is 11.4 Å². The third-order valence-corrected chi connectivity index (χ3v) is 6.04. The number of anilines is 1. The van der Waals surface area contributed by atoms with Crippen LogP contribution in [0.3, 0.4) is 0 Å². The minimum Gasteiger partial charge on any atom is -0.378 e. The molecule has 2 rings (SSSR count). The van der Waals surface area contributed by atoms with Crippen molar-refractivity contribution in [1.82, 2.24) is 0 Å². The predicted octanol–water partition coefficient (Wildman–Crippen LogP) is 4.68. The van der Waals surface area contributed by atoms with E-state index in [-0.39, 0.29) is 15.4 Å². The Morgan fingerprint density at radius 3 is 2.70 bits per heavy atom. The van der Waals surface area contributed by atoms with Crippen molar-refractivity contribution in [2.24, 2.45) is 0 Å². The van der Waals surface area contributed by atoms with Gasteiger partial charge in [-0.3, -0.25) is 10.1 Å². The molecule has 0 spiro atoms. The van der Waals surface area contributed by atoms with Crippen LogP contribution in [0.1, 0.15) is 32.1 Å². The molecule has 6 heteroatoms. The number of nitro benzene ring substituents is 1. The number of benzene rings is 1. The van der Waals surface area contributed by atoms with Crippen molar-refractivity contribution < 1.29 is 4.92 Å². The van der Waals surface area contributed by atoms with E-state index in [9.17, 15) is 10.1 Å². The van der Waals surface area contributed by atoms with Gasteiger partial charge in [0.1, 0.15) is 5.69 Å². The maximum absolute atomic E-state index is 11.1. The molecule has 0 atom stereocenters. The zero-order valence-corrected chi connectivity index (χ0v) is 14.5. The molecule has 1 aliphatic rings. The highest BCUT2D eigenvalue weighted by molar-refractivity contribution is 14.1. The summed E-state index contributed by atoms with van der Waals surface area (Å²) >= 11 is 4.00. The standard InChI is InChI=1S/C14H19IN2O2S/c1-20-14(7-3-2-4-8-14)10-16-12-6-5-11(15)9-13(12)17(18)19/h5-6,9,16H,2-4,7-8,10H2,1H3. The van der Waals surface area contributed by atoms with Gasteiger partial charge in [0, 0.05) is 20.9 Å². The first-order chi connectivity index (χ1) is 9.56. The summed E-state index contributed by atoms with van der Waals surface area (Å²) in [5.41, 5.74) is 0.804. The number of nitro groups is 1. The van der Waals surface area contributed by atoms with Gasteiger partial charge in [-0.05, 0) is 53.8 Å². The average Bonchev–Trinajstić information content (AvgIpc) is 2.47. The molecule has 0 amide bonds. The predicted molar refractivity (Wildman–Crippen MR) is 93.6 cm³/mol. The Bertz CT molecular complexity index is 490. The molecule has 0 saturated heterocycles. The fourth-order valence-electron chi connectivity index (χ4n) is 2.71. The van der Waals surface area contributed by atoms with E-state index in [4.69, 9.17) is 0 Å². The SMILES string of the molecule is CSC1(CNc2ccc(I)cc2[N+](=O)[O-])CCCCC1. The summed E-state index contributed by atoms with van der Waals surface area (Å²) in [5.74, 6) is 0. The van der Waals surface area contributed by atoms with E-state index >= 15 is 0 Å². The molecular formula is C14H19IN2O2S. The summed E-state index contributed by atoms with van der Waals surface area (Å²) in [5, 5.41) is 14.4. The van der Waals surface area contributed by atoms with Crippen LogP contribution >= 0.6 is 34.4 Å². The van der Waals surface area contributed by atoms with Crippen molar-refractivity contribution in [2.75, 3.05) is 18.1 Å². The van der Waals surface area contributed by atoms with Gasteiger partial charge in [0.05, 0.1) is 4.92 Å². The first kappa shape index (κ1) is 15.9. The van der Waals surface area contributed by atoms with E-state index in [0.717, 1.165) is 10.1 Å². The quantitative estimate of drug-likeness (QED) is 0.439. The van der Waals surface area contributed by atoms with E-state index in [1.54, 1.807) is 6.07 Å². The zero-order valence-electron chi connectivity index (χ0n) is 11.5. The maximum Gasteiger partial charge on any atom is 0.293 e. The molecule has 1 fully saturated rings. The molecule has 0 bridgehead atoms. The minimum atomic E-state index is -0.308. The van der Waals surface area contributed by atoms with Crippen molar-refractivity contribution in [3.8, 4) is 0 Å². The smallest absolute Gasteiger partial charge is 0.293 e. The largest absolute Gasteiger partial charge is 0.378 e. The number of rotatable bonds is 5. The van der Waals surface area contributed by atoms with Gasteiger partial charge in [0.2, 0.25) is 0 Å². The molecule has 1 N–H and O–H groups in total. The van der Waals surface area contributed by atoms with Crippen molar-refractivity contribution in [3.05, 3.63) is 31.9 Å². The number of thioether (sulfide) groups is 1. The lowest BCUT2D eigenvalue weighted by Crippen LogP contribution is -2.35. The van der Waals surface area contributed by atoms with E-state index in [2.05, 4.69) is 34.2 Å². The van der Waals surface area contributed by atoms with Gasteiger partial charge < -0.3 is 5.32 Å². The Morgan fingerprint density at radius 2 is 2.10 bits per heavy atom. The van der Waals surface area contributed by atoms with E-state index < -0.39 is 0 Å². The highest BCUT2D eigenvalue weighted by Crippen LogP contribution is 2.39. The second-order valence-corrected chi connectivity index (χ2v) is 7.74. The number of hydrogen-bond acceptors (Lipinski definition) is 4. The van der Waals surface area contributed by atoms with Crippen molar-refractivity contribution in [2.45, 2.75) is 36.9 Å². The lowest BCUT2D eigenvalue weighted by molar-refractivity contribution is -0.384. The highest BCUT2D eigenvalue weighted by Gasteiger charge is 2.31. The fourth-order valence-corrected chi connectivity index (χ4v) is 4.10. The molecule has 0 unspecified atom stereocenters. The van der Waals surface area contributed by atoms with Crippen LogP contribution in [-0.4, -0.2) is 22.5 Å². The molecule has 0 radical (unpaired) electrons. The molecule has 1 aromatic rings.